The van der Waals surface area contributed by atoms with Gasteiger partial charge in [0.15, 0.2) is 0 Å². The van der Waals surface area contributed by atoms with Crippen LogP contribution >= 0.6 is 15.9 Å². The van der Waals surface area contributed by atoms with Crippen molar-refractivity contribution in [2.45, 2.75) is 24.8 Å². The number of allylic oxidation sites excluding steroid dienone is 2. The van der Waals surface area contributed by atoms with E-state index in [0.29, 0.717) is 6.54 Å². The summed E-state index contributed by atoms with van der Waals surface area (Å²) in [5.74, 6) is 0.0626. The maximum atomic E-state index is 11.5. The second-order valence-corrected chi connectivity index (χ2v) is 4.45. The van der Waals surface area contributed by atoms with Crippen molar-refractivity contribution in [3.63, 3.8) is 0 Å². The summed E-state index contributed by atoms with van der Waals surface area (Å²) in [4.78, 5) is 13.2. The van der Waals surface area contributed by atoms with E-state index in [4.69, 9.17) is 5.41 Å². The Balaban J connectivity index is 4.50. The van der Waals surface area contributed by atoms with Crippen molar-refractivity contribution in [3.8, 4) is 0 Å². The molecule has 0 rings (SSSR count). The number of amidine groups is 1. The highest BCUT2D eigenvalue weighted by Crippen LogP contribution is 2.07. The fourth-order valence-electron chi connectivity index (χ4n) is 1.17. The Morgan fingerprint density at radius 2 is 2.28 bits per heavy atom. The lowest BCUT2D eigenvalue weighted by molar-refractivity contribution is -0.120. The molecule has 0 saturated heterocycles. The van der Waals surface area contributed by atoms with Crippen LogP contribution in [0.15, 0.2) is 24.9 Å². The molecule has 0 spiro atoms. The van der Waals surface area contributed by atoms with Crippen molar-refractivity contribution >= 4 is 27.7 Å². The van der Waals surface area contributed by atoms with Crippen molar-refractivity contribution in [1.82, 2.24) is 15.5 Å². The summed E-state index contributed by atoms with van der Waals surface area (Å²) in [6.45, 7) is 6.20. The zero-order valence-electron chi connectivity index (χ0n) is 10.9. The summed E-state index contributed by atoms with van der Waals surface area (Å²) in [5.41, 5.74) is 0. The summed E-state index contributed by atoms with van der Waals surface area (Å²) in [6.07, 6.45) is 5.96. The molecular weight excluding hydrogens is 296 g/mol. The minimum absolute atomic E-state index is 0.0469. The van der Waals surface area contributed by atoms with Gasteiger partial charge in [0.2, 0.25) is 5.91 Å². The van der Waals surface area contributed by atoms with Crippen LogP contribution in [0.3, 0.4) is 0 Å². The standard InChI is InChI=1S/C12H21BrN4O/c1-4-6-8-17(12(13)15-3)10(14)9-11(18)16-7-5-2/h4,6,8,12,14-15H,1,5,7,9H2,2-3H3,(H,16,18)/b8-6-,14-10?. The van der Waals surface area contributed by atoms with E-state index < -0.39 is 0 Å². The van der Waals surface area contributed by atoms with Gasteiger partial charge in [-0.25, -0.2) is 0 Å². The van der Waals surface area contributed by atoms with Gasteiger partial charge in [0.05, 0.1) is 6.42 Å². The minimum atomic E-state index is -0.236. The van der Waals surface area contributed by atoms with Gasteiger partial charge >= 0.3 is 0 Å². The Morgan fingerprint density at radius 1 is 1.61 bits per heavy atom. The van der Waals surface area contributed by atoms with Crippen LogP contribution < -0.4 is 10.6 Å². The van der Waals surface area contributed by atoms with Crippen molar-refractivity contribution in [2.24, 2.45) is 0 Å². The van der Waals surface area contributed by atoms with Crippen LogP contribution in [0.25, 0.3) is 0 Å². The van der Waals surface area contributed by atoms with Crippen LogP contribution in [0, 0.1) is 5.41 Å². The van der Waals surface area contributed by atoms with Crippen LogP contribution in [0.4, 0.5) is 0 Å². The molecule has 0 aromatic heterocycles. The molecule has 0 aromatic rings. The number of carbonyl (C=O) groups is 1. The highest BCUT2D eigenvalue weighted by molar-refractivity contribution is 9.09. The quantitative estimate of drug-likeness (QED) is 0.160. The van der Waals surface area contributed by atoms with Crippen molar-refractivity contribution in [3.05, 3.63) is 24.9 Å². The summed E-state index contributed by atoms with van der Waals surface area (Å²) in [7, 11) is 1.76. The van der Waals surface area contributed by atoms with E-state index in [1.807, 2.05) is 6.92 Å². The molecular formula is C12H21BrN4O. The molecule has 0 aliphatic rings. The number of rotatable bonds is 8. The number of halogens is 1. The van der Waals surface area contributed by atoms with Crippen LogP contribution in [-0.4, -0.2) is 35.3 Å². The van der Waals surface area contributed by atoms with Gasteiger partial charge in [-0.3, -0.25) is 15.5 Å². The van der Waals surface area contributed by atoms with E-state index in [1.165, 1.54) is 0 Å². The highest BCUT2D eigenvalue weighted by Gasteiger charge is 2.16. The van der Waals surface area contributed by atoms with Gasteiger partial charge in [0, 0.05) is 12.7 Å². The van der Waals surface area contributed by atoms with E-state index in [9.17, 15) is 4.79 Å². The molecule has 0 radical (unpaired) electrons. The number of carbonyl (C=O) groups excluding carboxylic acids is 1. The first kappa shape index (κ1) is 16.9. The van der Waals surface area contributed by atoms with Gasteiger partial charge in [-0.15, -0.1) is 0 Å². The molecule has 102 valence electrons. The third-order valence-corrected chi connectivity index (χ3v) is 2.98. The zero-order chi connectivity index (χ0) is 14.0. The summed E-state index contributed by atoms with van der Waals surface area (Å²) in [5, 5.41) is 13.4. The third-order valence-electron chi connectivity index (χ3n) is 2.08. The number of amides is 1. The second-order valence-electron chi connectivity index (χ2n) is 3.58. The van der Waals surface area contributed by atoms with Crippen molar-refractivity contribution in [1.29, 1.82) is 5.41 Å². The van der Waals surface area contributed by atoms with E-state index >= 15 is 0 Å². The van der Waals surface area contributed by atoms with E-state index in [0.717, 1.165) is 6.42 Å². The van der Waals surface area contributed by atoms with Gasteiger partial charge in [-0.2, -0.15) is 0 Å². The molecule has 0 heterocycles. The van der Waals surface area contributed by atoms with E-state index in [1.54, 1.807) is 30.3 Å². The molecule has 0 saturated carbocycles. The predicted molar refractivity (Wildman–Crippen MR) is 78.6 cm³/mol. The Kier molecular flexibility index (Phi) is 9.22. The molecule has 0 bridgehead atoms. The zero-order valence-corrected chi connectivity index (χ0v) is 12.5. The highest BCUT2D eigenvalue weighted by atomic mass is 79.9. The van der Waals surface area contributed by atoms with Gasteiger partial charge in [-0.1, -0.05) is 19.6 Å². The van der Waals surface area contributed by atoms with Gasteiger partial charge in [0.1, 0.15) is 10.9 Å². The molecule has 0 aliphatic heterocycles. The average molecular weight is 317 g/mol. The third kappa shape index (κ3) is 6.56. The first-order valence-electron chi connectivity index (χ1n) is 5.79. The molecule has 1 unspecified atom stereocenters. The molecule has 6 heteroatoms. The fourth-order valence-corrected chi connectivity index (χ4v) is 1.55. The average Bonchev–Trinajstić information content (AvgIpc) is 2.36. The molecule has 18 heavy (non-hydrogen) atoms. The SMILES string of the molecule is C=C/C=C\N(C(=N)CC(=O)NCCC)C(Br)NC. The van der Waals surface area contributed by atoms with Crippen molar-refractivity contribution < 1.29 is 4.79 Å². The first-order chi connectivity index (χ1) is 8.56. The topological polar surface area (TPSA) is 68.2 Å². The van der Waals surface area contributed by atoms with Gasteiger partial charge in [-0.05, 0) is 35.5 Å². The second kappa shape index (κ2) is 9.85. The summed E-state index contributed by atoms with van der Waals surface area (Å²) in [6, 6.07) is 0. The molecule has 5 nitrogen and oxygen atoms in total. The lowest BCUT2D eigenvalue weighted by Crippen LogP contribution is -2.41. The Bertz CT molecular complexity index is 317. The van der Waals surface area contributed by atoms with Crippen LogP contribution in [0.5, 0.6) is 0 Å². The van der Waals surface area contributed by atoms with E-state index in [2.05, 4.69) is 33.1 Å². The van der Waals surface area contributed by atoms with Gasteiger partial charge < -0.3 is 10.2 Å². The Hall–Kier alpha value is -1.14. The largest absolute Gasteiger partial charge is 0.356 e. The summed E-state index contributed by atoms with van der Waals surface area (Å²) >= 11 is 3.37. The molecule has 0 fully saturated rings. The number of hydrogen-bond acceptors (Lipinski definition) is 3. The van der Waals surface area contributed by atoms with Crippen LogP contribution in [0.1, 0.15) is 19.8 Å². The summed E-state index contributed by atoms with van der Waals surface area (Å²) < 4.78 is 0. The maximum absolute atomic E-state index is 11.5. The Morgan fingerprint density at radius 3 is 2.78 bits per heavy atom. The smallest absolute Gasteiger partial charge is 0.227 e. The van der Waals surface area contributed by atoms with Crippen molar-refractivity contribution in [2.75, 3.05) is 13.6 Å². The Labute approximate surface area is 117 Å². The molecule has 1 amide bonds. The number of alkyl halides is 1. The number of nitrogens with one attached hydrogen (secondary N) is 3. The van der Waals surface area contributed by atoms with Crippen LogP contribution in [0.2, 0.25) is 0 Å². The molecule has 3 N–H and O–H groups in total. The van der Waals surface area contributed by atoms with E-state index in [-0.39, 0.29) is 23.2 Å². The monoisotopic (exact) mass is 316 g/mol. The number of nitrogens with zero attached hydrogens (tertiary/aromatic N) is 1. The van der Waals surface area contributed by atoms with Gasteiger partial charge in [0.25, 0.3) is 0 Å². The molecule has 0 aromatic carbocycles. The normalized spacial score (nSPS) is 12.2. The predicted octanol–water partition coefficient (Wildman–Crippen LogP) is 1.78. The minimum Gasteiger partial charge on any atom is -0.356 e. The molecule has 1 atom stereocenters. The molecule has 0 aliphatic carbocycles. The lowest BCUT2D eigenvalue weighted by atomic mass is 10.3. The first-order valence-corrected chi connectivity index (χ1v) is 6.71. The lowest BCUT2D eigenvalue weighted by Gasteiger charge is -2.26. The van der Waals surface area contributed by atoms with Crippen LogP contribution in [-0.2, 0) is 4.79 Å². The maximum Gasteiger partial charge on any atom is 0.227 e. The number of hydrogen-bond donors (Lipinski definition) is 3. The fraction of sp³-hybridized carbons (Fsp3) is 0.500.